The summed E-state index contributed by atoms with van der Waals surface area (Å²) in [7, 11) is 0. The van der Waals surface area contributed by atoms with Crippen LogP contribution in [0.4, 0.5) is 11.4 Å². The highest BCUT2D eigenvalue weighted by Gasteiger charge is 2.36. The Balaban J connectivity index is 1.37. The molecule has 4 rings (SSSR count). The van der Waals surface area contributed by atoms with E-state index in [1.54, 1.807) is 12.1 Å². The van der Waals surface area contributed by atoms with E-state index < -0.39 is 12.1 Å². The highest BCUT2D eigenvalue weighted by atomic mass is 16.5. The Morgan fingerprint density at radius 3 is 2.77 bits per heavy atom. The van der Waals surface area contributed by atoms with Crippen LogP contribution in [0.15, 0.2) is 42.5 Å². The van der Waals surface area contributed by atoms with Gasteiger partial charge in [0.15, 0.2) is 6.10 Å². The van der Waals surface area contributed by atoms with Gasteiger partial charge in [0.1, 0.15) is 6.04 Å². The minimum absolute atomic E-state index is 0.0469. The predicted molar refractivity (Wildman–Crippen MR) is 113 cm³/mol. The lowest BCUT2D eigenvalue weighted by molar-refractivity contribution is -0.129. The summed E-state index contributed by atoms with van der Waals surface area (Å²) in [5, 5.41) is 5.65. The first-order valence-electron chi connectivity index (χ1n) is 10.2. The number of aryl methyl sites for hydroxylation is 1. The average Bonchev–Trinajstić information content (AvgIpc) is 3.23. The number of nitrogens with one attached hydrogen (secondary N) is 2. The van der Waals surface area contributed by atoms with Crippen molar-refractivity contribution in [1.29, 1.82) is 0 Å². The van der Waals surface area contributed by atoms with Gasteiger partial charge in [-0.2, -0.15) is 0 Å². The number of esters is 1. The number of benzene rings is 2. The van der Waals surface area contributed by atoms with Crippen LogP contribution in [0.5, 0.6) is 0 Å². The zero-order valence-corrected chi connectivity index (χ0v) is 17.1. The van der Waals surface area contributed by atoms with Gasteiger partial charge in [0.25, 0.3) is 5.91 Å². The smallest absolute Gasteiger partial charge is 0.338 e. The molecule has 0 radical (unpaired) electrons. The monoisotopic (exact) mass is 407 g/mol. The molecule has 0 bridgehead atoms. The Morgan fingerprint density at radius 1 is 1.23 bits per heavy atom. The van der Waals surface area contributed by atoms with Crippen LogP contribution in [0.3, 0.4) is 0 Å². The Kier molecular flexibility index (Phi) is 5.44. The molecule has 0 saturated carbocycles. The molecule has 0 aromatic heterocycles. The fraction of sp³-hybridized carbons (Fsp3) is 0.348. The molecule has 2 aliphatic rings. The number of amides is 2. The van der Waals surface area contributed by atoms with Crippen molar-refractivity contribution in [3.63, 3.8) is 0 Å². The predicted octanol–water partition coefficient (Wildman–Crippen LogP) is 2.78. The summed E-state index contributed by atoms with van der Waals surface area (Å²) >= 11 is 0. The van der Waals surface area contributed by atoms with Gasteiger partial charge in [0.2, 0.25) is 5.91 Å². The summed E-state index contributed by atoms with van der Waals surface area (Å²) in [6.07, 6.45) is 0.873. The standard InChI is InChI=1S/C23H25N3O4/c1-14-5-7-16(8-6-14)13-24-21(27)15(2)30-23(29)17-9-10-19-18(12-17)25-22(28)20-4-3-11-26(19)20/h5-10,12,15,20H,3-4,11,13H2,1-2H3,(H,24,27)(H,25,28)/t15-,20-/m0/s1. The summed E-state index contributed by atoms with van der Waals surface area (Å²) in [4.78, 5) is 39.2. The quantitative estimate of drug-likeness (QED) is 0.745. The molecule has 0 aliphatic carbocycles. The third-order valence-corrected chi connectivity index (χ3v) is 5.60. The fourth-order valence-corrected chi connectivity index (χ4v) is 3.88. The van der Waals surface area contributed by atoms with Crippen LogP contribution >= 0.6 is 0 Å². The molecule has 2 atom stereocenters. The Bertz CT molecular complexity index is 986. The summed E-state index contributed by atoms with van der Waals surface area (Å²) in [6, 6.07) is 12.8. The fourth-order valence-electron chi connectivity index (χ4n) is 3.88. The molecule has 30 heavy (non-hydrogen) atoms. The summed E-state index contributed by atoms with van der Waals surface area (Å²) in [5.74, 6) is -1.02. The lowest BCUT2D eigenvalue weighted by Crippen LogP contribution is -2.44. The van der Waals surface area contributed by atoms with Gasteiger partial charge in [-0.15, -0.1) is 0 Å². The van der Waals surface area contributed by atoms with Gasteiger partial charge in [-0.1, -0.05) is 29.8 Å². The van der Waals surface area contributed by atoms with Crippen molar-refractivity contribution in [2.24, 2.45) is 0 Å². The van der Waals surface area contributed by atoms with E-state index in [9.17, 15) is 14.4 Å². The topological polar surface area (TPSA) is 87.7 Å². The van der Waals surface area contributed by atoms with E-state index in [1.165, 1.54) is 6.92 Å². The van der Waals surface area contributed by atoms with E-state index in [0.717, 1.165) is 36.2 Å². The van der Waals surface area contributed by atoms with Crippen LogP contribution < -0.4 is 15.5 Å². The molecule has 2 N–H and O–H groups in total. The van der Waals surface area contributed by atoms with Gasteiger partial charge in [-0.05, 0) is 50.5 Å². The van der Waals surface area contributed by atoms with E-state index in [2.05, 4.69) is 15.5 Å². The molecule has 0 spiro atoms. The number of anilines is 2. The largest absolute Gasteiger partial charge is 0.449 e. The van der Waals surface area contributed by atoms with Gasteiger partial charge in [0, 0.05) is 13.1 Å². The van der Waals surface area contributed by atoms with Gasteiger partial charge in [0.05, 0.1) is 16.9 Å². The SMILES string of the molecule is Cc1ccc(CNC(=O)[C@H](C)OC(=O)c2ccc3c(c2)NC(=O)[C@@H]2CCCN32)cc1. The first kappa shape index (κ1) is 19.9. The maximum absolute atomic E-state index is 12.5. The van der Waals surface area contributed by atoms with Crippen molar-refractivity contribution < 1.29 is 19.1 Å². The van der Waals surface area contributed by atoms with Crippen molar-refractivity contribution in [1.82, 2.24) is 5.32 Å². The second-order valence-corrected chi connectivity index (χ2v) is 7.82. The summed E-state index contributed by atoms with van der Waals surface area (Å²) in [5.41, 5.74) is 3.93. The molecule has 156 valence electrons. The minimum Gasteiger partial charge on any atom is -0.449 e. The van der Waals surface area contributed by atoms with Crippen molar-refractivity contribution in [3.8, 4) is 0 Å². The van der Waals surface area contributed by atoms with E-state index in [0.29, 0.717) is 17.8 Å². The minimum atomic E-state index is -0.934. The Labute approximate surface area is 175 Å². The lowest BCUT2D eigenvalue weighted by atomic mass is 10.1. The molecule has 2 aromatic rings. The number of nitrogens with zero attached hydrogens (tertiary/aromatic N) is 1. The van der Waals surface area contributed by atoms with Crippen molar-refractivity contribution in [3.05, 3.63) is 59.2 Å². The van der Waals surface area contributed by atoms with Crippen LogP contribution in [-0.2, 0) is 20.9 Å². The summed E-state index contributed by atoms with van der Waals surface area (Å²) < 4.78 is 5.33. The second kappa shape index (κ2) is 8.18. The Morgan fingerprint density at radius 2 is 2.00 bits per heavy atom. The molecule has 2 aromatic carbocycles. The van der Waals surface area contributed by atoms with Gasteiger partial charge in [-0.25, -0.2) is 4.79 Å². The van der Waals surface area contributed by atoms with Gasteiger partial charge in [-0.3, -0.25) is 9.59 Å². The van der Waals surface area contributed by atoms with E-state index in [4.69, 9.17) is 4.74 Å². The number of carbonyl (C=O) groups excluding carboxylic acids is 3. The first-order valence-corrected chi connectivity index (χ1v) is 10.2. The number of rotatable bonds is 5. The molecular formula is C23H25N3O4. The highest BCUT2D eigenvalue weighted by molar-refractivity contribution is 6.05. The van der Waals surface area contributed by atoms with Crippen LogP contribution in [0, 0.1) is 6.92 Å². The summed E-state index contributed by atoms with van der Waals surface area (Å²) in [6.45, 7) is 4.73. The van der Waals surface area contributed by atoms with E-state index in [-0.39, 0.29) is 17.9 Å². The number of hydrogen-bond donors (Lipinski definition) is 2. The zero-order valence-electron chi connectivity index (χ0n) is 17.1. The van der Waals surface area contributed by atoms with Crippen LogP contribution in [-0.4, -0.2) is 36.5 Å². The van der Waals surface area contributed by atoms with Crippen LogP contribution in [0.1, 0.15) is 41.3 Å². The zero-order chi connectivity index (χ0) is 21.3. The van der Waals surface area contributed by atoms with Crippen LogP contribution in [0.2, 0.25) is 0 Å². The third-order valence-electron chi connectivity index (χ3n) is 5.60. The molecule has 7 heteroatoms. The molecule has 0 unspecified atom stereocenters. The number of hydrogen-bond acceptors (Lipinski definition) is 5. The molecule has 2 heterocycles. The maximum atomic E-state index is 12.5. The van der Waals surface area contributed by atoms with Gasteiger partial charge < -0.3 is 20.3 Å². The second-order valence-electron chi connectivity index (χ2n) is 7.82. The highest BCUT2D eigenvalue weighted by Crippen LogP contribution is 2.37. The molecule has 1 saturated heterocycles. The number of ether oxygens (including phenoxy) is 1. The van der Waals surface area contributed by atoms with Crippen molar-refractivity contribution >= 4 is 29.2 Å². The van der Waals surface area contributed by atoms with Crippen molar-refractivity contribution in [2.75, 3.05) is 16.8 Å². The number of fused-ring (bicyclic) bond motifs is 3. The van der Waals surface area contributed by atoms with Crippen molar-refractivity contribution in [2.45, 2.75) is 45.4 Å². The average molecular weight is 407 g/mol. The Hall–Kier alpha value is -3.35. The third kappa shape index (κ3) is 4.01. The lowest BCUT2D eigenvalue weighted by Gasteiger charge is -2.33. The molecule has 7 nitrogen and oxygen atoms in total. The molecule has 2 aliphatic heterocycles. The normalized spacial score (nSPS) is 18.1. The molecular weight excluding hydrogens is 382 g/mol. The van der Waals surface area contributed by atoms with Crippen LogP contribution in [0.25, 0.3) is 0 Å². The maximum Gasteiger partial charge on any atom is 0.338 e. The molecule has 1 fully saturated rings. The first-order chi connectivity index (χ1) is 14.4. The van der Waals surface area contributed by atoms with Gasteiger partial charge >= 0.3 is 5.97 Å². The number of carbonyl (C=O) groups is 3. The van der Waals surface area contributed by atoms with E-state index in [1.807, 2.05) is 37.3 Å². The van der Waals surface area contributed by atoms with E-state index >= 15 is 0 Å². The molecule has 2 amide bonds.